The standard InChI is InChI=1S/C14H25N3O2/c1-5-12-11(3)13(16-19-12)14(18)15-9-7-8-10-17(4)6-2/h5-10H2,1-4H3,(H,15,18). The maximum Gasteiger partial charge on any atom is 0.273 e. The predicted octanol–water partition coefficient (Wildman–Crippen LogP) is 2.01. The molecule has 19 heavy (non-hydrogen) atoms. The van der Waals surface area contributed by atoms with Gasteiger partial charge in [-0.25, -0.2) is 0 Å². The lowest BCUT2D eigenvalue weighted by Crippen LogP contribution is -2.26. The number of carbonyl (C=O) groups is 1. The second-order valence-corrected chi connectivity index (χ2v) is 4.79. The molecule has 0 aliphatic rings. The molecule has 1 heterocycles. The molecule has 0 bridgehead atoms. The Bertz CT molecular complexity index is 401. The van der Waals surface area contributed by atoms with E-state index in [1.165, 1.54) is 0 Å². The summed E-state index contributed by atoms with van der Waals surface area (Å²) in [7, 11) is 2.10. The zero-order valence-corrected chi connectivity index (χ0v) is 12.5. The first-order chi connectivity index (χ1) is 9.10. The van der Waals surface area contributed by atoms with E-state index in [4.69, 9.17) is 4.52 Å². The second kappa shape index (κ2) is 7.94. The number of hydrogen-bond donors (Lipinski definition) is 1. The van der Waals surface area contributed by atoms with Crippen LogP contribution in [0.3, 0.4) is 0 Å². The highest BCUT2D eigenvalue weighted by Crippen LogP contribution is 2.13. The van der Waals surface area contributed by atoms with Gasteiger partial charge in [0.15, 0.2) is 5.69 Å². The van der Waals surface area contributed by atoms with Gasteiger partial charge in [0.2, 0.25) is 0 Å². The van der Waals surface area contributed by atoms with Gasteiger partial charge in [0.25, 0.3) is 5.91 Å². The average Bonchev–Trinajstić information content (AvgIpc) is 2.78. The van der Waals surface area contributed by atoms with Crippen LogP contribution in [0.5, 0.6) is 0 Å². The number of aryl methyl sites for hydroxylation is 1. The molecule has 0 aliphatic heterocycles. The molecule has 0 fully saturated rings. The molecule has 0 saturated carbocycles. The molecule has 1 N–H and O–H groups in total. The average molecular weight is 267 g/mol. The minimum Gasteiger partial charge on any atom is -0.360 e. The fraction of sp³-hybridized carbons (Fsp3) is 0.714. The summed E-state index contributed by atoms with van der Waals surface area (Å²) in [6, 6.07) is 0. The van der Waals surface area contributed by atoms with Gasteiger partial charge in [-0.1, -0.05) is 19.0 Å². The first-order valence-corrected chi connectivity index (χ1v) is 7.02. The van der Waals surface area contributed by atoms with Crippen LogP contribution in [-0.2, 0) is 6.42 Å². The van der Waals surface area contributed by atoms with E-state index in [0.29, 0.717) is 12.2 Å². The Kier molecular flexibility index (Phi) is 6.56. The van der Waals surface area contributed by atoms with E-state index < -0.39 is 0 Å². The van der Waals surface area contributed by atoms with Crippen molar-refractivity contribution < 1.29 is 9.32 Å². The SMILES string of the molecule is CCc1onc(C(=O)NCCCCN(C)CC)c1C. The summed E-state index contributed by atoms with van der Waals surface area (Å²) in [5.74, 6) is 0.652. The van der Waals surface area contributed by atoms with Gasteiger partial charge in [0.1, 0.15) is 5.76 Å². The van der Waals surface area contributed by atoms with Crippen molar-refractivity contribution in [3.05, 3.63) is 17.0 Å². The summed E-state index contributed by atoms with van der Waals surface area (Å²) < 4.78 is 5.12. The third-order valence-corrected chi connectivity index (χ3v) is 3.35. The lowest BCUT2D eigenvalue weighted by molar-refractivity contribution is 0.0943. The van der Waals surface area contributed by atoms with E-state index in [9.17, 15) is 4.79 Å². The summed E-state index contributed by atoms with van der Waals surface area (Å²) >= 11 is 0. The minimum absolute atomic E-state index is 0.134. The van der Waals surface area contributed by atoms with Crippen LogP contribution >= 0.6 is 0 Å². The Morgan fingerprint density at radius 1 is 1.37 bits per heavy atom. The normalized spacial score (nSPS) is 11.0. The lowest BCUT2D eigenvalue weighted by atomic mass is 10.2. The third kappa shape index (κ3) is 4.67. The molecule has 1 aromatic heterocycles. The number of hydrogen-bond acceptors (Lipinski definition) is 4. The molecule has 5 heteroatoms. The van der Waals surface area contributed by atoms with Crippen molar-refractivity contribution in [3.63, 3.8) is 0 Å². The number of amides is 1. The van der Waals surface area contributed by atoms with Crippen LogP contribution < -0.4 is 5.32 Å². The quantitative estimate of drug-likeness (QED) is 0.732. The molecule has 5 nitrogen and oxygen atoms in total. The van der Waals surface area contributed by atoms with Crippen LogP contribution in [0.2, 0.25) is 0 Å². The fourth-order valence-corrected chi connectivity index (χ4v) is 1.86. The highest BCUT2D eigenvalue weighted by atomic mass is 16.5. The molecular weight excluding hydrogens is 242 g/mol. The Morgan fingerprint density at radius 2 is 2.11 bits per heavy atom. The number of rotatable bonds is 8. The van der Waals surface area contributed by atoms with Crippen molar-refractivity contribution in [2.75, 3.05) is 26.7 Å². The molecule has 0 aliphatic carbocycles. The zero-order chi connectivity index (χ0) is 14.3. The summed E-state index contributed by atoms with van der Waals surface area (Å²) in [6.45, 7) is 8.81. The molecule has 1 amide bonds. The van der Waals surface area contributed by atoms with Gasteiger partial charge in [-0.05, 0) is 39.9 Å². The van der Waals surface area contributed by atoms with E-state index in [2.05, 4.69) is 29.3 Å². The van der Waals surface area contributed by atoms with Gasteiger partial charge in [-0.3, -0.25) is 4.79 Å². The highest BCUT2D eigenvalue weighted by molar-refractivity contribution is 5.93. The number of unbranched alkanes of at least 4 members (excludes halogenated alkanes) is 1. The molecule has 0 radical (unpaired) electrons. The molecule has 1 aromatic rings. The third-order valence-electron chi connectivity index (χ3n) is 3.35. The Morgan fingerprint density at radius 3 is 2.68 bits per heavy atom. The molecule has 108 valence electrons. The van der Waals surface area contributed by atoms with E-state index in [-0.39, 0.29) is 5.91 Å². The molecule has 1 rings (SSSR count). The molecule has 0 spiro atoms. The van der Waals surface area contributed by atoms with Crippen LogP contribution in [0.25, 0.3) is 0 Å². The first-order valence-electron chi connectivity index (χ1n) is 7.02. The number of carbonyl (C=O) groups excluding carboxylic acids is 1. The maximum absolute atomic E-state index is 11.9. The van der Waals surface area contributed by atoms with Gasteiger partial charge in [0, 0.05) is 18.5 Å². The van der Waals surface area contributed by atoms with Crippen molar-refractivity contribution in [1.82, 2.24) is 15.4 Å². The predicted molar refractivity (Wildman–Crippen MR) is 75.4 cm³/mol. The van der Waals surface area contributed by atoms with E-state index in [0.717, 1.165) is 43.7 Å². The number of nitrogens with zero attached hydrogens (tertiary/aromatic N) is 2. The maximum atomic E-state index is 11.9. The van der Waals surface area contributed by atoms with Gasteiger partial charge < -0.3 is 14.7 Å². The van der Waals surface area contributed by atoms with Crippen LogP contribution in [0.1, 0.15) is 48.5 Å². The van der Waals surface area contributed by atoms with Gasteiger partial charge in [0.05, 0.1) is 0 Å². The molecule has 0 unspecified atom stereocenters. The van der Waals surface area contributed by atoms with Gasteiger partial charge >= 0.3 is 0 Å². The summed E-state index contributed by atoms with van der Waals surface area (Å²) in [4.78, 5) is 14.2. The van der Waals surface area contributed by atoms with E-state index in [1.807, 2.05) is 13.8 Å². The van der Waals surface area contributed by atoms with E-state index >= 15 is 0 Å². The fourth-order valence-electron chi connectivity index (χ4n) is 1.86. The van der Waals surface area contributed by atoms with Crippen molar-refractivity contribution in [2.45, 2.75) is 40.0 Å². The first kappa shape index (κ1) is 15.7. The monoisotopic (exact) mass is 267 g/mol. The number of aromatic nitrogens is 1. The number of nitrogens with one attached hydrogen (secondary N) is 1. The largest absolute Gasteiger partial charge is 0.360 e. The van der Waals surface area contributed by atoms with Gasteiger partial charge in [-0.2, -0.15) is 0 Å². The molecular formula is C14H25N3O2. The van der Waals surface area contributed by atoms with Crippen LogP contribution in [0, 0.1) is 6.92 Å². The zero-order valence-electron chi connectivity index (χ0n) is 12.5. The summed E-state index contributed by atoms with van der Waals surface area (Å²) in [5.41, 5.74) is 1.27. The Hall–Kier alpha value is -1.36. The van der Waals surface area contributed by atoms with Crippen LogP contribution in [0.15, 0.2) is 4.52 Å². The Balaban J connectivity index is 2.29. The van der Waals surface area contributed by atoms with Crippen molar-refractivity contribution >= 4 is 5.91 Å². The minimum atomic E-state index is -0.134. The van der Waals surface area contributed by atoms with Crippen molar-refractivity contribution in [2.24, 2.45) is 0 Å². The van der Waals surface area contributed by atoms with Crippen LogP contribution in [0.4, 0.5) is 0 Å². The second-order valence-electron chi connectivity index (χ2n) is 4.79. The van der Waals surface area contributed by atoms with Crippen LogP contribution in [-0.4, -0.2) is 42.6 Å². The van der Waals surface area contributed by atoms with Crippen molar-refractivity contribution in [3.8, 4) is 0 Å². The molecule has 0 aromatic carbocycles. The highest BCUT2D eigenvalue weighted by Gasteiger charge is 2.16. The van der Waals surface area contributed by atoms with Crippen molar-refractivity contribution in [1.29, 1.82) is 0 Å². The lowest BCUT2D eigenvalue weighted by Gasteiger charge is -2.13. The smallest absolute Gasteiger partial charge is 0.273 e. The van der Waals surface area contributed by atoms with E-state index in [1.54, 1.807) is 0 Å². The molecule has 0 atom stereocenters. The van der Waals surface area contributed by atoms with Gasteiger partial charge in [-0.15, -0.1) is 0 Å². The topological polar surface area (TPSA) is 58.4 Å². The Labute approximate surface area is 115 Å². The summed E-state index contributed by atoms with van der Waals surface area (Å²) in [6.07, 6.45) is 2.83. The summed E-state index contributed by atoms with van der Waals surface area (Å²) in [5, 5.41) is 6.72. The molecule has 0 saturated heterocycles.